The Morgan fingerprint density at radius 1 is 0.912 bits per heavy atom. The third-order valence-corrected chi connectivity index (χ3v) is 6.27. The Morgan fingerprint density at radius 2 is 1.53 bits per heavy atom. The van der Waals surface area contributed by atoms with Crippen molar-refractivity contribution in [2.24, 2.45) is 15.5 Å². The Labute approximate surface area is 203 Å². The molecule has 0 radical (unpaired) electrons. The van der Waals surface area contributed by atoms with E-state index in [-0.39, 0.29) is 5.41 Å². The van der Waals surface area contributed by atoms with Gasteiger partial charge in [-0.15, -0.1) is 10.2 Å². The lowest BCUT2D eigenvalue weighted by atomic mass is 9.87. The van der Waals surface area contributed by atoms with Gasteiger partial charge in [-0.2, -0.15) is 9.78 Å². The lowest BCUT2D eigenvalue weighted by Crippen LogP contribution is -2.27. The number of aromatic nitrogens is 3. The summed E-state index contributed by atoms with van der Waals surface area (Å²) in [6.45, 7) is 17.3. The van der Waals surface area contributed by atoms with Crippen LogP contribution in [0.4, 0.5) is 11.4 Å². The molecule has 0 atom stereocenters. The van der Waals surface area contributed by atoms with E-state index < -0.39 is 0 Å². The van der Waals surface area contributed by atoms with E-state index in [9.17, 15) is 0 Å². The SMILES string of the molecule is Cc1cc(C)c(-c2nnc3n2N=C(C(C)(C)C)/C3=N/c2ccc(N(C)C)cc2C(C)C)c(C)c1. The summed E-state index contributed by atoms with van der Waals surface area (Å²) in [5, 5.41) is 14.2. The van der Waals surface area contributed by atoms with Gasteiger partial charge in [0.1, 0.15) is 5.71 Å². The van der Waals surface area contributed by atoms with E-state index in [2.05, 4.69) is 115 Å². The zero-order chi connectivity index (χ0) is 24.9. The van der Waals surface area contributed by atoms with E-state index in [1.807, 2.05) is 4.68 Å². The molecule has 1 aliphatic rings. The molecule has 34 heavy (non-hydrogen) atoms. The average Bonchev–Trinajstić information content (AvgIpc) is 3.28. The van der Waals surface area contributed by atoms with Crippen LogP contribution in [0.1, 0.15) is 68.6 Å². The van der Waals surface area contributed by atoms with E-state index in [0.29, 0.717) is 11.7 Å². The molecular formula is C28H36N6. The number of hydrogen-bond acceptors (Lipinski definition) is 5. The van der Waals surface area contributed by atoms with Crippen molar-refractivity contribution in [1.82, 2.24) is 14.9 Å². The zero-order valence-corrected chi connectivity index (χ0v) is 22.1. The molecule has 1 aromatic heterocycles. The Bertz CT molecular complexity index is 1290. The highest BCUT2D eigenvalue weighted by atomic mass is 15.5. The molecule has 0 amide bonds. The molecule has 178 valence electrons. The fourth-order valence-electron chi connectivity index (χ4n) is 4.58. The molecule has 0 fully saturated rings. The van der Waals surface area contributed by atoms with Crippen LogP contribution >= 0.6 is 0 Å². The van der Waals surface area contributed by atoms with Crippen LogP contribution in [-0.4, -0.2) is 40.4 Å². The summed E-state index contributed by atoms with van der Waals surface area (Å²) >= 11 is 0. The molecule has 4 rings (SSSR count). The first-order valence-electron chi connectivity index (χ1n) is 11.9. The predicted octanol–water partition coefficient (Wildman–Crippen LogP) is 6.44. The van der Waals surface area contributed by atoms with E-state index in [1.54, 1.807) is 0 Å². The summed E-state index contributed by atoms with van der Waals surface area (Å²) in [5.41, 5.74) is 9.52. The predicted molar refractivity (Wildman–Crippen MR) is 143 cm³/mol. The second kappa shape index (κ2) is 8.49. The van der Waals surface area contributed by atoms with Gasteiger partial charge in [0.25, 0.3) is 0 Å². The molecule has 0 spiro atoms. The van der Waals surface area contributed by atoms with E-state index in [0.717, 1.165) is 28.5 Å². The summed E-state index contributed by atoms with van der Waals surface area (Å²) in [5.74, 6) is 1.80. The summed E-state index contributed by atoms with van der Waals surface area (Å²) in [4.78, 5) is 7.30. The number of anilines is 1. The third-order valence-electron chi connectivity index (χ3n) is 6.27. The van der Waals surface area contributed by atoms with Crippen LogP contribution in [0.25, 0.3) is 11.4 Å². The topological polar surface area (TPSA) is 58.7 Å². The number of aryl methyl sites for hydroxylation is 3. The summed E-state index contributed by atoms with van der Waals surface area (Å²) < 4.78 is 1.88. The van der Waals surface area contributed by atoms with Gasteiger partial charge in [-0.1, -0.05) is 52.3 Å². The first-order chi connectivity index (χ1) is 15.9. The van der Waals surface area contributed by atoms with Gasteiger partial charge in [-0.05, 0) is 61.6 Å². The molecule has 0 bridgehead atoms. The van der Waals surface area contributed by atoms with Crippen molar-refractivity contribution in [3.8, 4) is 11.4 Å². The highest BCUT2D eigenvalue weighted by molar-refractivity contribution is 6.50. The van der Waals surface area contributed by atoms with Crippen molar-refractivity contribution in [3.05, 3.63) is 58.4 Å². The van der Waals surface area contributed by atoms with Crippen LogP contribution in [0.15, 0.2) is 40.4 Å². The van der Waals surface area contributed by atoms with Gasteiger partial charge in [-0.25, -0.2) is 4.99 Å². The van der Waals surface area contributed by atoms with E-state index in [4.69, 9.17) is 10.1 Å². The van der Waals surface area contributed by atoms with Crippen molar-refractivity contribution in [2.75, 3.05) is 19.0 Å². The fourth-order valence-corrected chi connectivity index (χ4v) is 4.58. The van der Waals surface area contributed by atoms with Gasteiger partial charge in [0.15, 0.2) is 5.82 Å². The lowest BCUT2D eigenvalue weighted by molar-refractivity contribution is 0.594. The maximum absolute atomic E-state index is 5.18. The van der Waals surface area contributed by atoms with Gasteiger partial charge >= 0.3 is 0 Å². The monoisotopic (exact) mass is 456 g/mol. The second-order valence-electron chi connectivity index (χ2n) is 10.9. The van der Waals surface area contributed by atoms with Crippen molar-refractivity contribution in [1.29, 1.82) is 0 Å². The van der Waals surface area contributed by atoms with Gasteiger partial charge < -0.3 is 4.90 Å². The standard InChI is InChI=1S/C28H36N6/c1-16(2)21-15-20(33(9)10)11-12-22(21)29-24-25(28(6,7)8)32-34-26(30-31-27(24)34)23-18(4)13-17(3)14-19(23)5/h11-16H,1-10H3/b29-24-. The van der Waals surface area contributed by atoms with Gasteiger partial charge in [0, 0.05) is 30.8 Å². The number of hydrogen-bond donors (Lipinski definition) is 0. The maximum Gasteiger partial charge on any atom is 0.205 e. The molecular weight excluding hydrogens is 420 g/mol. The first-order valence-corrected chi connectivity index (χ1v) is 11.9. The quantitative estimate of drug-likeness (QED) is 0.454. The molecule has 1 aliphatic heterocycles. The normalized spacial score (nSPS) is 14.7. The smallest absolute Gasteiger partial charge is 0.205 e. The van der Waals surface area contributed by atoms with Gasteiger partial charge in [0.2, 0.25) is 5.82 Å². The summed E-state index contributed by atoms with van der Waals surface area (Å²) in [7, 11) is 4.12. The maximum atomic E-state index is 5.18. The van der Waals surface area contributed by atoms with Crippen molar-refractivity contribution in [2.45, 2.75) is 61.3 Å². The minimum atomic E-state index is -0.199. The fraction of sp³-hybridized carbons (Fsp3) is 0.429. The summed E-state index contributed by atoms with van der Waals surface area (Å²) in [6.07, 6.45) is 0. The van der Waals surface area contributed by atoms with Crippen molar-refractivity contribution >= 4 is 22.8 Å². The molecule has 0 saturated heterocycles. The average molecular weight is 457 g/mol. The number of aliphatic imine (C=N–C) groups is 1. The van der Waals surface area contributed by atoms with Crippen LogP contribution in [-0.2, 0) is 0 Å². The molecule has 3 aromatic rings. The van der Waals surface area contributed by atoms with E-state index in [1.165, 1.54) is 27.9 Å². The van der Waals surface area contributed by atoms with Crippen LogP contribution < -0.4 is 4.90 Å². The minimum Gasteiger partial charge on any atom is -0.378 e. The van der Waals surface area contributed by atoms with Crippen molar-refractivity contribution in [3.63, 3.8) is 0 Å². The molecule has 0 unspecified atom stereocenters. The Kier molecular flexibility index (Phi) is 5.96. The molecule has 0 aliphatic carbocycles. The van der Waals surface area contributed by atoms with Crippen LogP contribution in [0.5, 0.6) is 0 Å². The third kappa shape index (κ3) is 4.17. The van der Waals surface area contributed by atoms with Crippen molar-refractivity contribution < 1.29 is 0 Å². The molecule has 0 N–H and O–H groups in total. The number of benzene rings is 2. The highest BCUT2D eigenvalue weighted by Crippen LogP contribution is 2.35. The molecule has 2 aromatic carbocycles. The molecule has 6 heteroatoms. The number of rotatable bonds is 4. The second-order valence-corrected chi connectivity index (χ2v) is 10.9. The van der Waals surface area contributed by atoms with Gasteiger partial charge in [0.05, 0.1) is 11.4 Å². The summed E-state index contributed by atoms with van der Waals surface area (Å²) in [6, 6.07) is 10.8. The number of nitrogens with zero attached hydrogens (tertiary/aromatic N) is 6. The first kappa shape index (κ1) is 23.9. The van der Waals surface area contributed by atoms with Crippen LogP contribution in [0.2, 0.25) is 0 Å². The Hall–Kier alpha value is -3.28. The van der Waals surface area contributed by atoms with Gasteiger partial charge in [-0.3, -0.25) is 0 Å². The molecule has 6 nitrogen and oxygen atoms in total. The van der Waals surface area contributed by atoms with Crippen LogP contribution in [0.3, 0.4) is 0 Å². The largest absolute Gasteiger partial charge is 0.378 e. The zero-order valence-electron chi connectivity index (χ0n) is 22.1. The van der Waals surface area contributed by atoms with E-state index >= 15 is 0 Å². The lowest BCUT2D eigenvalue weighted by Gasteiger charge is -2.20. The Morgan fingerprint density at radius 3 is 2.09 bits per heavy atom. The number of fused-ring (bicyclic) bond motifs is 1. The Balaban J connectivity index is 1.93. The minimum absolute atomic E-state index is 0.199. The van der Waals surface area contributed by atoms with Crippen LogP contribution in [0, 0.1) is 26.2 Å². The molecule has 0 saturated carbocycles. The molecule has 2 heterocycles. The highest BCUT2D eigenvalue weighted by Gasteiger charge is 2.36.